The van der Waals surface area contributed by atoms with Crippen LogP contribution in [0.1, 0.15) is 24.5 Å². The van der Waals surface area contributed by atoms with Crippen molar-refractivity contribution in [3.63, 3.8) is 0 Å². The lowest BCUT2D eigenvalue weighted by Crippen LogP contribution is -2.32. The molecular formula is C30H26N2O3. The zero-order chi connectivity index (χ0) is 24.4. The number of hydrogen-bond donors (Lipinski definition) is 1. The van der Waals surface area contributed by atoms with E-state index in [-0.39, 0.29) is 11.6 Å². The molecule has 5 heteroatoms. The molecule has 1 N–H and O–H groups in total. The van der Waals surface area contributed by atoms with Crippen molar-refractivity contribution in [2.24, 2.45) is 0 Å². The third kappa shape index (κ3) is 4.28. The monoisotopic (exact) mass is 462 g/mol. The maximum Gasteiger partial charge on any atom is 0.282 e. The Morgan fingerprint density at radius 1 is 0.829 bits per heavy atom. The molecule has 0 aliphatic carbocycles. The molecule has 0 radical (unpaired) electrons. The van der Waals surface area contributed by atoms with Crippen LogP contribution in [0.25, 0.3) is 16.3 Å². The largest absolute Gasteiger partial charge is 0.494 e. The molecule has 0 aromatic heterocycles. The van der Waals surface area contributed by atoms with Gasteiger partial charge in [-0.3, -0.25) is 9.59 Å². The fraction of sp³-hybridized carbons (Fsp3) is 0.133. The van der Waals surface area contributed by atoms with Crippen LogP contribution >= 0.6 is 0 Å². The SMILES string of the molecule is CCCOc1cccc(N2C(=O)C(Nc3cccc4ccccc34)=C(c3ccc(C)cc3)C2=O)c1. The molecule has 0 atom stereocenters. The Morgan fingerprint density at radius 2 is 1.57 bits per heavy atom. The first-order valence-corrected chi connectivity index (χ1v) is 11.7. The van der Waals surface area contributed by atoms with Crippen molar-refractivity contribution in [3.8, 4) is 5.75 Å². The fourth-order valence-electron chi connectivity index (χ4n) is 4.27. The molecule has 4 aromatic rings. The normalized spacial score (nSPS) is 13.6. The first-order valence-electron chi connectivity index (χ1n) is 11.7. The molecule has 1 aliphatic heterocycles. The summed E-state index contributed by atoms with van der Waals surface area (Å²) in [5.41, 5.74) is 3.63. The molecule has 0 unspecified atom stereocenters. The average Bonchev–Trinajstić information content (AvgIpc) is 3.12. The molecule has 4 aromatic carbocycles. The number of imide groups is 1. The second-order valence-electron chi connectivity index (χ2n) is 8.56. The van der Waals surface area contributed by atoms with E-state index in [0.29, 0.717) is 29.2 Å². The molecular weight excluding hydrogens is 436 g/mol. The third-order valence-electron chi connectivity index (χ3n) is 6.02. The second-order valence-corrected chi connectivity index (χ2v) is 8.56. The smallest absolute Gasteiger partial charge is 0.282 e. The highest BCUT2D eigenvalue weighted by Crippen LogP contribution is 2.36. The van der Waals surface area contributed by atoms with E-state index in [1.54, 1.807) is 18.2 Å². The Labute approximate surface area is 204 Å². The molecule has 0 saturated carbocycles. The van der Waals surface area contributed by atoms with Crippen molar-refractivity contribution in [3.05, 3.63) is 108 Å². The lowest BCUT2D eigenvalue weighted by atomic mass is 10.0. The number of carbonyl (C=O) groups excluding carboxylic acids is 2. The Kier molecular flexibility index (Phi) is 6.06. The van der Waals surface area contributed by atoms with Gasteiger partial charge in [-0.1, -0.05) is 79.2 Å². The maximum absolute atomic E-state index is 13.8. The number of benzene rings is 4. The van der Waals surface area contributed by atoms with Crippen molar-refractivity contribution in [2.75, 3.05) is 16.8 Å². The number of nitrogens with zero attached hydrogens (tertiary/aromatic N) is 1. The number of ether oxygens (including phenoxy) is 1. The summed E-state index contributed by atoms with van der Waals surface area (Å²) in [6.45, 7) is 4.58. The quantitative estimate of drug-likeness (QED) is 0.326. The summed E-state index contributed by atoms with van der Waals surface area (Å²) in [5, 5.41) is 5.33. The van der Waals surface area contributed by atoms with Gasteiger partial charge in [0.2, 0.25) is 0 Å². The van der Waals surface area contributed by atoms with Gasteiger partial charge in [0.15, 0.2) is 0 Å². The van der Waals surface area contributed by atoms with Gasteiger partial charge in [-0.2, -0.15) is 0 Å². The predicted molar refractivity (Wildman–Crippen MR) is 140 cm³/mol. The van der Waals surface area contributed by atoms with Crippen LogP contribution in [0.3, 0.4) is 0 Å². The topological polar surface area (TPSA) is 58.6 Å². The minimum Gasteiger partial charge on any atom is -0.494 e. The molecule has 2 amide bonds. The van der Waals surface area contributed by atoms with Gasteiger partial charge in [0, 0.05) is 17.1 Å². The van der Waals surface area contributed by atoms with Gasteiger partial charge >= 0.3 is 0 Å². The number of nitrogens with one attached hydrogen (secondary N) is 1. The molecule has 1 heterocycles. The van der Waals surface area contributed by atoms with Crippen molar-refractivity contribution in [2.45, 2.75) is 20.3 Å². The number of rotatable bonds is 7. The lowest BCUT2D eigenvalue weighted by molar-refractivity contribution is -0.120. The number of amides is 2. The Bertz CT molecular complexity index is 1450. The summed E-state index contributed by atoms with van der Waals surface area (Å²) in [5.74, 6) is -0.141. The van der Waals surface area contributed by atoms with Crippen LogP contribution in [-0.2, 0) is 9.59 Å². The van der Waals surface area contributed by atoms with E-state index in [1.807, 2.05) is 86.6 Å². The van der Waals surface area contributed by atoms with Gasteiger partial charge in [-0.15, -0.1) is 0 Å². The summed E-state index contributed by atoms with van der Waals surface area (Å²) in [6, 6.07) is 28.6. The first kappa shape index (κ1) is 22.4. The Balaban J connectivity index is 1.60. The van der Waals surface area contributed by atoms with E-state index in [2.05, 4.69) is 5.32 Å². The number of hydrogen-bond acceptors (Lipinski definition) is 4. The summed E-state index contributed by atoms with van der Waals surface area (Å²) < 4.78 is 5.74. The maximum atomic E-state index is 13.8. The van der Waals surface area contributed by atoms with Crippen LogP contribution in [0, 0.1) is 6.92 Å². The van der Waals surface area contributed by atoms with E-state index in [0.717, 1.165) is 28.4 Å². The van der Waals surface area contributed by atoms with Gasteiger partial charge in [0.05, 0.1) is 17.9 Å². The van der Waals surface area contributed by atoms with Crippen LogP contribution in [-0.4, -0.2) is 18.4 Å². The van der Waals surface area contributed by atoms with Crippen LogP contribution < -0.4 is 15.0 Å². The summed E-state index contributed by atoms with van der Waals surface area (Å²) in [7, 11) is 0. The second kappa shape index (κ2) is 9.47. The van der Waals surface area contributed by atoms with Gasteiger partial charge in [-0.05, 0) is 42.5 Å². The van der Waals surface area contributed by atoms with E-state index in [4.69, 9.17) is 4.74 Å². The number of fused-ring (bicyclic) bond motifs is 1. The highest BCUT2D eigenvalue weighted by atomic mass is 16.5. The molecule has 1 aliphatic rings. The molecule has 5 nitrogen and oxygen atoms in total. The Morgan fingerprint density at radius 3 is 2.37 bits per heavy atom. The van der Waals surface area contributed by atoms with E-state index in [9.17, 15) is 9.59 Å². The molecule has 174 valence electrons. The summed E-state index contributed by atoms with van der Waals surface area (Å²) >= 11 is 0. The zero-order valence-electron chi connectivity index (χ0n) is 19.7. The van der Waals surface area contributed by atoms with Crippen molar-refractivity contribution in [1.82, 2.24) is 0 Å². The molecule has 0 bridgehead atoms. The van der Waals surface area contributed by atoms with Gasteiger partial charge in [0.1, 0.15) is 11.4 Å². The van der Waals surface area contributed by atoms with Crippen molar-refractivity contribution in [1.29, 1.82) is 0 Å². The first-order chi connectivity index (χ1) is 17.1. The number of anilines is 2. The molecule has 35 heavy (non-hydrogen) atoms. The third-order valence-corrected chi connectivity index (χ3v) is 6.02. The van der Waals surface area contributed by atoms with Crippen molar-refractivity contribution >= 4 is 39.5 Å². The van der Waals surface area contributed by atoms with Gasteiger partial charge in [0.25, 0.3) is 11.8 Å². The van der Waals surface area contributed by atoms with Crippen LogP contribution in [0.5, 0.6) is 5.75 Å². The fourth-order valence-corrected chi connectivity index (χ4v) is 4.27. The zero-order valence-corrected chi connectivity index (χ0v) is 19.7. The minimum atomic E-state index is -0.397. The van der Waals surface area contributed by atoms with Crippen molar-refractivity contribution < 1.29 is 14.3 Å². The number of carbonyl (C=O) groups is 2. The summed E-state index contributed by atoms with van der Waals surface area (Å²) in [4.78, 5) is 28.8. The van der Waals surface area contributed by atoms with E-state index >= 15 is 0 Å². The van der Waals surface area contributed by atoms with Crippen LogP contribution in [0.15, 0.2) is 96.7 Å². The Hall–Kier alpha value is -4.38. The molecule has 5 rings (SSSR count). The van der Waals surface area contributed by atoms with E-state index < -0.39 is 5.91 Å². The average molecular weight is 463 g/mol. The van der Waals surface area contributed by atoms with Gasteiger partial charge < -0.3 is 10.1 Å². The summed E-state index contributed by atoms with van der Waals surface area (Å²) in [6.07, 6.45) is 0.865. The highest BCUT2D eigenvalue weighted by molar-refractivity contribution is 6.46. The lowest BCUT2D eigenvalue weighted by Gasteiger charge is -2.17. The molecule has 0 saturated heterocycles. The number of aryl methyl sites for hydroxylation is 1. The minimum absolute atomic E-state index is 0.259. The van der Waals surface area contributed by atoms with Crippen LogP contribution in [0.4, 0.5) is 11.4 Å². The highest BCUT2D eigenvalue weighted by Gasteiger charge is 2.40. The molecule has 0 fully saturated rings. The molecule has 0 spiro atoms. The van der Waals surface area contributed by atoms with Crippen LogP contribution in [0.2, 0.25) is 0 Å². The van der Waals surface area contributed by atoms with Gasteiger partial charge in [-0.25, -0.2) is 4.90 Å². The predicted octanol–water partition coefficient (Wildman–Crippen LogP) is 6.33. The standard InChI is InChI=1S/C30H26N2O3/c1-3-18-35-24-11-7-10-23(19-24)32-29(33)27(22-16-14-20(2)15-17-22)28(30(32)34)31-26-13-6-9-21-8-4-5-12-25(21)26/h4-17,19,31H,3,18H2,1-2H3. The van der Waals surface area contributed by atoms with E-state index in [1.165, 1.54) is 4.90 Å².